The lowest BCUT2D eigenvalue weighted by atomic mass is 10.3. The highest BCUT2D eigenvalue weighted by atomic mass is 16.5. The molecule has 1 aromatic rings. The lowest BCUT2D eigenvalue weighted by Crippen LogP contribution is -2.28. The number of pyridine rings is 1. The summed E-state index contributed by atoms with van der Waals surface area (Å²) >= 11 is 0. The number of nitrogens with one attached hydrogen (secondary N) is 1. The van der Waals surface area contributed by atoms with Gasteiger partial charge in [-0.1, -0.05) is 6.07 Å². The van der Waals surface area contributed by atoms with E-state index in [0.717, 1.165) is 5.69 Å². The van der Waals surface area contributed by atoms with Gasteiger partial charge in [-0.3, -0.25) is 4.79 Å². The largest absolute Gasteiger partial charge is 0.378 e. The lowest BCUT2D eigenvalue weighted by Gasteiger charge is -2.05. The zero-order valence-electron chi connectivity index (χ0n) is 9.40. The number of ether oxygens (including phenoxy) is 1. The van der Waals surface area contributed by atoms with Gasteiger partial charge in [0, 0.05) is 18.8 Å². The molecule has 1 aromatic heterocycles. The Morgan fingerprint density at radius 3 is 3.00 bits per heavy atom. The van der Waals surface area contributed by atoms with Crippen molar-refractivity contribution in [2.75, 3.05) is 26.3 Å². The SMILES string of the molecule is Cc1cccc(C(=O)NCCOCCN)n1. The molecule has 0 fully saturated rings. The molecule has 16 heavy (non-hydrogen) atoms. The van der Waals surface area contributed by atoms with Gasteiger partial charge in [-0.05, 0) is 19.1 Å². The van der Waals surface area contributed by atoms with Crippen molar-refractivity contribution in [3.63, 3.8) is 0 Å². The molecule has 0 unspecified atom stereocenters. The third-order valence-electron chi connectivity index (χ3n) is 1.92. The minimum atomic E-state index is -0.181. The van der Waals surface area contributed by atoms with Crippen LogP contribution < -0.4 is 11.1 Å². The van der Waals surface area contributed by atoms with Gasteiger partial charge in [-0.2, -0.15) is 0 Å². The van der Waals surface area contributed by atoms with E-state index in [0.29, 0.717) is 32.0 Å². The maximum absolute atomic E-state index is 11.6. The first-order chi connectivity index (χ1) is 7.74. The number of hydrogen-bond donors (Lipinski definition) is 2. The van der Waals surface area contributed by atoms with Crippen LogP contribution in [-0.2, 0) is 4.74 Å². The molecule has 0 bridgehead atoms. The molecular formula is C11H17N3O2. The zero-order valence-corrected chi connectivity index (χ0v) is 9.40. The Balaban J connectivity index is 2.30. The van der Waals surface area contributed by atoms with Crippen LogP contribution in [0.5, 0.6) is 0 Å². The molecular weight excluding hydrogens is 206 g/mol. The van der Waals surface area contributed by atoms with Crippen molar-refractivity contribution in [2.45, 2.75) is 6.92 Å². The number of carbonyl (C=O) groups excluding carboxylic acids is 1. The summed E-state index contributed by atoms with van der Waals surface area (Å²) in [6.07, 6.45) is 0. The molecule has 0 aliphatic carbocycles. The average molecular weight is 223 g/mol. The van der Waals surface area contributed by atoms with E-state index in [9.17, 15) is 4.79 Å². The summed E-state index contributed by atoms with van der Waals surface area (Å²) in [4.78, 5) is 15.7. The third-order valence-corrected chi connectivity index (χ3v) is 1.92. The summed E-state index contributed by atoms with van der Waals surface area (Å²) < 4.78 is 5.13. The van der Waals surface area contributed by atoms with Crippen molar-refractivity contribution in [2.24, 2.45) is 5.73 Å². The highest BCUT2D eigenvalue weighted by molar-refractivity contribution is 5.92. The molecule has 0 aromatic carbocycles. The van der Waals surface area contributed by atoms with Gasteiger partial charge in [0.05, 0.1) is 13.2 Å². The molecule has 3 N–H and O–H groups in total. The van der Waals surface area contributed by atoms with E-state index < -0.39 is 0 Å². The summed E-state index contributed by atoms with van der Waals surface area (Å²) in [5.41, 5.74) is 6.51. The van der Waals surface area contributed by atoms with Gasteiger partial charge in [-0.25, -0.2) is 4.98 Å². The van der Waals surface area contributed by atoms with Crippen molar-refractivity contribution in [3.05, 3.63) is 29.6 Å². The molecule has 5 heteroatoms. The fourth-order valence-corrected chi connectivity index (χ4v) is 1.18. The smallest absolute Gasteiger partial charge is 0.269 e. The molecule has 5 nitrogen and oxygen atoms in total. The van der Waals surface area contributed by atoms with Gasteiger partial charge in [0.1, 0.15) is 5.69 Å². The first-order valence-electron chi connectivity index (χ1n) is 5.23. The minimum absolute atomic E-state index is 0.181. The van der Waals surface area contributed by atoms with Crippen molar-refractivity contribution in [3.8, 4) is 0 Å². The molecule has 0 aliphatic heterocycles. The van der Waals surface area contributed by atoms with Crippen LogP contribution in [0, 0.1) is 6.92 Å². The Bertz CT molecular complexity index is 342. The highest BCUT2D eigenvalue weighted by Gasteiger charge is 2.05. The molecule has 0 aliphatic rings. The fourth-order valence-electron chi connectivity index (χ4n) is 1.18. The van der Waals surface area contributed by atoms with E-state index in [-0.39, 0.29) is 5.91 Å². The first kappa shape index (κ1) is 12.6. The number of amides is 1. The molecule has 1 heterocycles. The monoisotopic (exact) mass is 223 g/mol. The van der Waals surface area contributed by atoms with E-state index in [2.05, 4.69) is 10.3 Å². The molecule has 0 saturated heterocycles. The Morgan fingerprint density at radius 1 is 1.50 bits per heavy atom. The number of aromatic nitrogens is 1. The second-order valence-corrected chi connectivity index (χ2v) is 3.32. The van der Waals surface area contributed by atoms with Crippen LogP contribution in [0.2, 0.25) is 0 Å². The third kappa shape index (κ3) is 4.37. The zero-order chi connectivity index (χ0) is 11.8. The second kappa shape index (κ2) is 6.92. The van der Waals surface area contributed by atoms with Gasteiger partial charge in [0.2, 0.25) is 0 Å². The molecule has 0 saturated carbocycles. The fraction of sp³-hybridized carbons (Fsp3) is 0.455. The second-order valence-electron chi connectivity index (χ2n) is 3.32. The Labute approximate surface area is 95.0 Å². The van der Waals surface area contributed by atoms with E-state index in [4.69, 9.17) is 10.5 Å². The van der Waals surface area contributed by atoms with Gasteiger partial charge in [0.25, 0.3) is 5.91 Å². The number of nitrogens with two attached hydrogens (primary N) is 1. The molecule has 1 rings (SSSR count). The Kier molecular flexibility index (Phi) is 5.45. The van der Waals surface area contributed by atoms with Gasteiger partial charge in [-0.15, -0.1) is 0 Å². The molecule has 88 valence electrons. The van der Waals surface area contributed by atoms with E-state index >= 15 is 0 Å². The van der Waals surface area contributed by atoms with E-state index in [1.54, 1.807) is 6.07 Å². The number of hydrogen-bond acceptors (Lipinski definition) is 4. The Morgan fingerprint density at radius 2 is 2.31 bits per heavy atom. The number of carbonyl (C=O) groups is 1. The molecule has 0 spiro atoms. The van der Waals surface area contributed by atoms with Crippen molar-refractivity contribution >= 4 is 5.91 Å². The van der Waals surface area contributed by atoms with Crippen LogP contribution >= 0.6 is 0 Å². The number of aryl methyl sites for hydroxylation is 1. The summed E-state index contributed by atoms with van der Waals surface area (Å²) in [6, 6.07) is 5.34. The van der Waals surface area contributed by atoms with Gasteiger partial charge >= 0.3 is 0 Å². The summed E-state index contributed by atoms with van der Waals surface area (Å²) in [6.45, 7) is 3.79. The molecule has 0 radical (unpaired) electrons. The van der Waals surface area contributed by atoms with Crippen LogP contribution in [0.1, 0.15) is 16.2 Å². The Hall–Kier alpha value is -1.46. The van der Waals surface area contributed by atoms with Crippen LogP contribution in [0.25, 0.3) is 0 Å². The maximum atomic E-state index is 11.6. The van der Waals surface area contributed by atoms with Gasteiger partial charge < -0.3 is 15.8 Å². The predicted molar refractivity (Wildman–Crippen MR) is 61.2 cm³/mol. The lowest BCUT2D eigenvalue weighted by molar-refractivity contribution is 0.0915. The number of nitrogens with zero attached hydrogens (tertiary/aromatic N) is 1. The maximum Gasteiger partial charge on any atom is 0.269 e. The summed E-state index contributed by atoms with van der Waals surface area (Å²) in [5, 5.41) is 2.72. The van der Waals surface area contributed by atoms with Crippen LogP contribution in [0.4, 0.5) is 0 Å². The van der Waals surface area contributed by atoms with E-state index in [1.807, 2.05) is 19.1 Å². The average Bonchev–Trinajstić information content (AvgIpc) is 2.28. The minimum Gasteiger partial charge on any atom is -0.378 e. The van der Waals surface area contributed by atoms with Crippen molar-refractivity contribution < 1.29 is 9.53 Å². The van der Waals surface area contributed by atoms with Gasteiger partial charge in [0.15, 0.2) is 0 Å². The summed E-state index contributed by atoms with van der Waals surface area (Å²) in [7, 11) is 0. The first-order valence-corrected chi connectivity index (χ1v) is 5.23. The quantitative estimate of drug-likeness (QED) is 0.670. The normalized spacial score (nSPS) is 10.1. The van der Waals surface area contributed by atoms with Crippen molar-refractivity contribution in [1.29, 1.82) is 0 Å². The standard InChI is InChI=1S/C11H17N3O2/c1-9-3-2-4-10(14-9)11(15)13-6-8-16-7-5-12/h2-4H,5-8,12H2,1H3,(H,13,15). The number of rotatable bonds is 6. The topological polar surface area (TPSA) is 77.2 Å². The molecule has 0 atom stereocenters. The summed E-state index contributed by atoms with van der Waals surface area (Å²) in [5.74, 6) is -0.181. The van der Waals surface area contributed by atoms with Crippen LogP contribution in [0.15, 0.2) is 18.2 Å². The van der Waals surface area contributed by atoms with Crippen LogP contribution in [-0.4, -0.2) is 37.2 Å². The van der Waals surface area contributed by atoms with Crippen LogP contribution in [0.3, 0.4) is 0 Å². The highest BCUT2D eigenvalue weighted by Crippen LogP contribution is 1.97. The van der Waals surface area contributed by atoms with Crippen molar-refractivity contribution in [1.82, 2.24) is 10.3 Å². The molecule has 1 amide bonds. The van der Waals surface area contributed by atoms with E-state index in [1.165, 1.54) is 0 Å². The predicted octanol–water partition coefficient (Wildman–Crippen LogP) is 0.0951.